The Hall–Kier alpha value is -1.88. The molecule has 0 aromatic carbocycles. The summed E-state index contributed by atoms with van der Waals surface area (Å²) in [5.74, 6) is 1.80. The van der Waals surface area contributed by atoms with Gasteiger partial charge in [0.25, 0.3) is 0 Å². The zero-order chi connectivity index (χ0) is 15.4. The van der Waals surface area contributed by atoms with Crippen LogP contribution in [0.15, 0.2) is 12.1 Å². The van der Waals surface area contributed by atoms with Gasteiger partial charge in [0.2, 0.25) is 11.8 Å². The molecule has 0 fully saturated rings. The van der Waals surface area contributed by atoms with Crippen LogP contribution in [0, 0.1) is 26.7 Å². The predicted molar refractivity (Wildman–Crippen MR) is 83.7 cm³/mol. The maximum Gasteiger partial charge on any atom is 0.240 e. The fourth-order valence-corrected chi connectivity index (χ4v) is 2.16. The van der Waals surface area contributed by atoms with Gasteiger partial charge in [0, 0.05) is 29.6 Å². The predicted octanol–water partition coefficient (Wildman–Crippen LogP) is 3.27. The molecule has 2 aromatic heterocycles. The Labute approximate surface area is 126 Å². The van der Waals surface area contributed by atoms with Crippen LogP contribution in [0.25, 0.3) is 0 Å². The van der Waals surface area contributed by atoms with Gasteiger partial charge in [0.1, 0.15) is 0 Å². The lowest BCUT2D eigenvalue weighted by molar-refractivity contribution is 0.431. The molecule has 21 heavy (non-hydrogen) atoms. The lowest BCUT2D eigenvalue weighted by Gasteiger charge is -2.14. The number of aryl methyl sites for hydroxylation is 3. The highest BCUT2D eigenvalue weighted by Gasteiger charge is 2.12. The maximum atomic E-state index is 5.86. The number of nitrogens with zero attached hydrogens (tertiary/aromatic N) is 2. The second-order valence-electron chi connectivity index (χ2n) is 5.88. The average Bonchev–Trinajstić information content (AvgIpc) is 2.77. The molecule has 2 rings (SSSR count). The van der Waals surface area contributed by atoms with Gasteiger partial charge in [-0.2, -0.15) is 0 Å². The van der Waals surface area contributed by atoms with Crippen molar-refractivity contribution >= 4 is 0 Å². The molecule has 2 aromatic rings. The van der Waals surface area contributed by atoms with Gasteiger partial charge in [-0.25, -0.2) is 4.98 Å². The highest BCUT2D eigenvalue weighted by molar-refractivity contribution is 5.37. The van der Waals surface area contributed by atoms with E-state index in [0.29, 0.717) is 17.7 Å². The minimum absolute atomic E-state index is 0.551. The summed E-state index contributed by atoms with van der Waals surface area (Å²) in [5, 5.41) is 10.4. The summed E-state index contributed by atoms with van der Waals surface area (Å²) in [6.07, 6.45) is 0. The van der Waals surface area contributed by atoms with Gasteiger partial charge in [-0.15, -0.1) is 5.10 Å². The number of rotatable bonds is 6. The number of H-pyrrole nitrogens is 1. The fourth-order valence-electron chi connectivity index (χ4n) is 2.16. The summed E-state index contributed by atoms with van der Waals surface area (Å²) in [7, 11) is 0. The van der Waals surface area contributed by atoms with Crippen molar-refractivity contribution in [2.75, 3.05) is 6.54 Å². The molecule has 114 valence electrons. The largest absolute Gasteiger partial charge is 0.419 e. The average molecular weight is 288 g/mol. The van der Waals surface area contributed by atoms with Gasteiger partial charge < -0.3 is 10.1 Å². The molecule has 0 amide bonds. The highest BCUT2D eigenvalue weighted by Crippen LogP contribution is 2.25. The molecule has 0 bridgehead atoms. The first kappa shape index (κ1) is 15.5. The van der Waals surface area contributed by atoms with Crippen LogP contribution >= 0.6 is 0 Å². The quantitative estimate of drug-likeness (QED) is 0.856. The van der Waals surface area contributed by atoms with Crippen LogP contribution in [0.5, 0.6) is 11.8 Å². The minimum atomic E-state index is 0.551. The molecule has 5 heteroatoms. The fraction of sp³-hybridized carbons (Fsp3) is 0.500. The summed E-state index contributed by atoms with van der Waals surface area (Å²) in [4.78, 5) is 4.52. The Morgan fingerprint density at radius 1 is 1.24 bits per heavy atom. The zero-order valence-corrected chi connectivity index (χ0v) is 13.4. The SMILES string of the molecule is Cc1cc(C)c(CNCC(C)C)c(Oc2cc(C)[nH]n2)n1. The summed E-state index contributed by atoms with van der Waals surface area (Å²) < 4.78 is 5.86. The van der Waals surface area contributed by atoms with Crippen LogP contribution in [0.3, 0.4) is 0 Å². The molecule has 0 aliphatic rings. The Kier molecular flexibility index (Phi) is 4.96. The highest BCUT2D eigenvalue weighted by atomic mass is 16.5. The lowest BCUT2D eigenvalue weighted by atomic mass is 10.1. The van der Waals surface area contributed by atoms with Crippen LogP contribution in [0.1, 0.15) is 36.4 Å². The van der Waals surface area contributed by atoms with E-state index in [4.69, 9.17) is 4.74 Å². The summed E-state index contributed by atoms with van der Waals surface area (Å²) in [6, 6.07) is 3.94. The molecule has 0 atom stereocenters. The third-order valence-electron chi connectivity index (χ3n) is 3.18. The molecule has 0 aliphatic carbocycles. The smallest absolute Gasteiger partial charge is 0.240 e. The Morgan fingerprint density at radius 2 is 2.00 bits per heavy atom. The first-order valence-electron chi connectivity index (χ1n) is 7.33. The number of hydrogen-bond acceptors (Lipinski definition) is 4. The molecular weight excluding hydrogens is 264 g/mol. The third kappa shape index (κ3) is 4.29. The Bertz CT molecular complexity index is 604. The van der Waals surface area contributed by atoms with Gasteiger partial charge in [-0.3, -0.25) is 5.10 Å². The molecule has 2 heterocycles. The van der Waals surface area contributed by atoms with Crippen molar-refractivity contribution in [2.45, 2.75) is 41.2 Å². The van der Waals surface area contributed by atoms with Gasteiger partial charge in [0.05, 0.1) is 0 Å². The van der Waals surface area contributed by atoms with Gasteiger partial charge in [-0.05, 0) is 44.9 Å². The number of pyridine rings is 1. The molecule has 0 aliphatic heterocycles. The van der Waals surface area contributed by atoms with Crippen LogP contribution < -0.4 is 10.1 Å². The van der Waals surface area contributed by atoms with E-state index in [0.717, 1.165) is 30.0 Å². The first-order valence-corrected chi connectivity index (χ1v) is 7.33. The summed E-state index contributed by atoms with van der Waals surface area (Å²) in [5.41, 5.74) is 4.18. The summed E-state index contributed by atoms with van der Waals surface area (Å²) in [6.45, 7) is 12.1. The standard InChI is InChI=1S/C16H24N4O/c1-10(2)8-17-9-14-11(3)6-12(4)18-16(14)21-15-7-13(5)19-20-15/h6-7,10,17H,8-9H2,1-5H3,(H,19,20). The molecule has 0 unspecified atom stereocenters. The van der Waals surface area contributed by atoms with E-state index in [1.165, 1.54) is 5.56 Å². The Balaban J connectivity index is 2.21. The van der Waals surface area contributed by atoms with E-state index >= 15 is 0 Å². The minimum Gasteiger partial charge on any atom is -0.419 e. The van der Waals surface area contributed by atoms with E-state index < -0.39 is 0 Å². The Morgan fingerprint density at radius 3 is 2.62 bits per heavy atom. The van der Waals surface area contributed by atoms with Gasteiger partial charge >= 0.3 is 0 Å². The van der Waals surface area contributed by atoms with E-state index in [-0.39, 0.29) is 0 Å². The van der Waals surface area contributed by atoms with Crippen LogP contribution in [-0.4, -0.2) is 21.7 Å². The number of ether oxygens (including phenoxy) is 1. The maximum absolute atomic E-state index is 5.86. The monoisotopic (exact) mass is 288 g/mol. The van der Waals surface area contributed by atoms with Gasteiger partial charge in [0.15, 0.2) is 0 Å². The normalized spacial score (nSPS) is 11.1. The van der Waals surface area contributed by atoms with E-state index in [1.54, 1.807) is 0 Å². The van der Waals surface area contributed by atoms with Crippen molar-refractivity contribution < 1.29 is 4.74 Å². The van der Waals surface area contributed by atoms with E-state index in [2.05, 4.69) is 47.3 Å². The molecule has 0 saturated carbocycles. The van der Waals surface area contributed by atoms with Crippen molar-refractivity contribution in [3.63, 3.8) is 0 Å². The van der Waals surface area contributed by atoms with Crippen molar-refractivity contribution in [1.82, 2.24) is 20.5 Å². The molecule has 0 saturated heterocycles. The second kappa shape index (κ2) is 6.72. The number of hydrogen-bond donors (Lipinski definition) is 2. The number of aromatic nitrogens is 3. The van der Waals surface area contributed by atoms with E-state index in [1.807, 2.05) is 19.9 Å². The topological polar surface area (TPSA) is 62.8 Å². The van der Waals surface area contributed by atoms with Crippen molar-refractivity contribution in [2.24, 2.45) is 5.92 Å². The summed E-state index contributed by atoms with van der Waals surface area (Å²) >= 11 is 0. The van der Waals surface area contributed by atoms with Gasteiger partial charge in [-0.1, -0.05) is 13.8 Å². The van der Waals surface area contributed by atoms with Crippen molar-refractivity contribution in [3.8, 4) is 11.8 Å². The van der Waals surface area contributed by atoms with Crippen molar-refractivity contribution in [3.05, 3.63) is 34.6 Å². The zero-order valence-electron chi connectivity index (χ0n) is 13.4. The third-order valence-corrected chi connectivity index (χ3v) is 3.18. The molecular formula is C16H24N4O. The van der Waals surface area contributed by atoms with Crippen LogP contribution in [-0.2, 0) is 6.54 Å². The molecule has 0 radical (unpaired) electrons. The molecule has 2 N–H and O–H groups in total. The first-order chi connectivity index (χ1) is 9.95. The lowest BCUT2D eigenvalue weighted by Crippen LogP contribution is -2.20. The van der Waals surface area contributed by atoms with Crippen molar-refractivity contribution in [1.29, 1.82) is 0 Å². The molecule has 0 spiro atoms. The van der Waals surface area contributed by atoms with Crippen LogP contribution in [0.4, 0.5) is 0 Å². The molecule has 5 nitrogen and oxygen atoms in total. The number of aromatic amines is 1. The second-order valence-corrected chi connectivity index (χ2v) is 5.88. The van der Waals surface area contributed by atoms with Crippen LogP contribution in [0.2, 0.25) is 0 Å². The number of nitrogens with one attached hydrogen (secondary N) is 2. The van der Waals surface area contributed by atoms with E-state index in [9.17, 15) is 0 Å².